The normalized spacial score (nSPS) is 10.5. The number of nitrogens with one attached hydrogen (secondary N) is 1. The molecule has 1 aromatic heterocycles. The summed E-state index contributed by atoms with van der Waals surface area (Å²) in [7, 11) is 3.08. The Bertz CT molecular complexity index is 1220. The molecule has 0 aliphatic heterocycles. The van der Waals surface area contributed by atoms with Crippen LogP contribution in [0, 0.1) is 6.92 Å². The van der Waals surface area contributed by atoms with Crippen molar-refractivity contribution in [3.05, 3.63) is 77.9 Å². The van der Waals surface area contributed by atoms with Crippen LogP contribution in [-0.4, -0.2) is 30.3 Å². The highest BCUT2D eigenvalue weighted by Gasteiger charge is 2.13. The molecule has 0 aliphatic rings. The summed E-state index contributed by atoms with van der Waals surface area (Å²) in [6.45, 7) is 2.01. The Balaban J connectivity index is 1.48. The molecule has 1 heterocycles. The van der Waals surface area contributed by atoms with Gasteiger partial charge in [0.1, 0.15) is 0 Å². The van der Waals surface area contributed by atoms with Crippen LogP contribution in [0.15, 0.2) is 71.3 Å². The SMILES string of the molecule is COc1ccc(C(=O)Nc2ccc(-c3nc(-c4cccc(C)c4)no3)cc2)cc1OC. The Morgan fingerprint density at radius 3 is 2.39 bits per heavy atom. The van der Waals surface area contributed by atoms with Crippen LogP contribution in [0.25, 0.3) is 22.8 Å². The van der Waals surface area contributed by atoms with Crippen LogP contribution in [0.5, 0.6) is 11.5 Å². The second-order valence-corrected chi connectivity index (χ2v) is 6.89. The maximum Gasteiger partial charge on any atom is 0.258 e. The van der Waals surface area contributed by atoms with E-state index in [-0.39, 0.29) is 5.91 Å². The Kier molecular flexibility index (Phi) is 5.66. The molecule has 4 aromatic rings. The third kappa shape index (κ3) is 4.40. The van der Waals surface area contributed by atoms with Crippen LogP contribution in [-0.2, 0) is 0 Å². The van der Waals surface area contributed by atoms with Crippen molar-refractivity contribution >= 4 is 11.6 Å². The largest absolute Gasteiger partial charge is 0.493 e. The van der Waals surface area contributed by atoms with Crippen molar-refractivity contribution in [1.82, 2.24) is 10.1 Å². The molecule has 0 bridgehead atoms. The molecule has 0 atom stereocenters. The molecular formula is C24H21N3O4. The Hall–Kier alpha value is -4.13. The summed E-state index contributed by atoms with van der Waals surface area (Å²) in [6.07, 6.45) is 0. The molecule has 0 radical (unpaired) electrons. The van der Waals surface area contributed by atoms with Crippen molar-refractivity contribution in [3.63, 3.8) is 0 Å². The Morgan fingerprint density at radius 1 is 0.903 bits per heavy atom. The van der Waals surface area contributed by atoms with Gasteiger partial charge in [-0.05, 0) is 55.5 Å². The van der Waals surface area contributed by atoms with Gasteiger partial charge < -0.3 is 19.3 Å². The molecular weight excluding hydrogens is 394 g/mol. The summed E-state index contributed by atoms with van der Waals surface area (Å²) in [5.41, 5.74) is 3.88. The Morgan fingerprint density at radius 2 is 1.68 bits per heavy atom. The zero-order valence-corrected chi connectivity index (χ0v) is 17.4. The van der Waals surface area contributed by atoms with Gasteiger partial charge in [-0.2, -0.15) is 4.98 Å². The number of benzene rings is 3. The average molecular weight is 415 g/mol. The summed E-state index contributed by atoms with van der Waals surface area (Å²) in [6, 6.07) is 20.1. The first-order valence-corrected chi connectivity index (χ1v) is 9.62. The van der Waals surface area contributed by atoms with E-state index in [4.69, 9.17) is 14.0 Å². The quantitative estimate of drug-likeness (QED) is 0.478. The van der Waals surface area contributed by atoms with Gasteiger partial charge in [0.2, 0.25) is 5.82 Å². The predicted octanol–water partition coefficient (Wildman–Crippen LogP) is 4.98. The Labute approximate surface area is 179 Å². The van der Waals surface area contributed by atoms with Gasteiger partial charge in [0.05, 0.1) is 14.2 Å². The third-order valence-corrected chi connectivity index (χ3v) is 4.74. The highest BCUT2D eigenvalue weighted by Crippen LogP contribution is 2.28. The molecule has 156 valence electrons. The van der Waals surface area contributed by atoms with Crippen LogP contribution >= 0.6 is 0 Å². The molecule has 0 saturated heterocycles. The van der Waals surface area contributed by atoms with E-state index in [1.54, 1.807) is 37.4 Å². The fourth-order valence-corrected chi connectivity index (χ4v) is 3.12. The highest BCUT2D eigenvalue weighted by molar-refractivity contribution is 6.04. The topological polar surface area (TPSA) is 86.5 Å². The van der Waals surface area contributed by atoms with Crippen molar-refractivity contribution in [3.8, 4) is 34.3 Å². The average Bonchev–Trinajstić information content (AvgIpc) is 3.29. The number of amides is 1. The minimum Gasteiger partial charge on any atom is -0.493 e. The molecule has 1 amide bonds. The summed E-state index contributed by atoms with van der Waals surface area (Å²) < 4.78 is 15.9. The number of rotatable bonds is 6. The van der Waals surface area contributed by atoms with Crippen LogP contribution < -0.4 is 14.8 Å². The molecule has 0 saturated carbocycles. The molecule has 0 fully saturated rings. The molecule has 31 heavy (non-hydrogen) atoms. The molecule has 7 heteroatoms. The van der Waals surface area contributed by atoms with Crippen LogP contribution in [0.1, 0.15) is 15.9 Å². The van der Waals surface area contributed by atoms with Crippen molar-refractivity contribution in [1.29, 1.82) is 0 Å². The smallest absolute Gasteiger partial charge is 0.258 e. The number of hydrogen-bond acceptors (Lipinski definition) is 6. The lowest BCUT2D eigenvalue weighted by Gasteiger charge is -2.10. The van der Waals surface area contributed by atoms with Gasteiger partial charge in [-0.1, -0.05) is 28.9 Å². The van der Waals surface area contributed by atoms with Crippen LogP contribution in [0.3, 0.4) is 0 Å². The van der Waals surface area contributed by atoms with E-state index in [0.717, 1.165) is 16.7 Å². The number of methoxy groups -OCH3 is 2. The number of anilines is 1. The number of aromatic nitrogens is 2. The number of carbonyl (C=O) groups is 1. The van der Waals surface area contributed by atoms with E-state index in [2.05, 4.69) is 15.5 Å². The standard InChI is InChI=1S/C24H21N3O4/c1-15-5-4-6-17(13-15)22-26-24(31-27-22)16-7-10-19(11-8-16)25-23(28)18-9-12-20(29-2)21(14-18)30-3/h4-14H,1-3H3,(H,25,28). The highest BCUT2D eigenvalue weighted by atomic mass is 16.5. The molecule has 3 aromatic carbocycles. The first-order valence-electron chi connectivity index (χ1n) is 9.62. The number of carbonyl (C=O) groups excluding carboxylic acids is 1. The zero-order chi connectivity index (χ0) is 21.8. The van der Waals surface area contributed by atoms with E-state index < -0.39 is 0 Å². The fraction of sp³-hybridized carbons (Fsp3) is 0.125. The summed E-state index contributed by atoms with van der Waals surface area (Å²) in [5.74, 6) is 1.74. The van der Waals surface area contributed by atoms with Gasteiger partial charge in [0.25, 0.3) is 11.8 Å². The minimum atomic E-state index is -0.256. The second-order valence-electron chi connectivity index (χ2n) is 6.89. The molecule has 4 rings (SSSR count). The van der Waals surface area contributed by atoms with E-state index in [1.165, 1.54) is 7.11 Å². The number of aryl methyl sites for hydroxylation is 1. The minimum absolute atomic E-state index is 0.256. The molecule has 0 aliphatic carbocycles. The monoisotopic (exact) mass is 415 g/mol. The van der Waals surface area contributed by atoms with Crippen LogP contribution in [0.2, 0.25) is 0 Å². The second kappa shape index (κ2) is 8.71. The predicted molar refractivity (Wildman–Crippen MR) is 117 cm³/mol. The number of ether oxygens (including phenoxy) is 2. The number of nitrogens with zero attached hydrogens (tertiary/aromatic N) is 2. The maximum absolute atomic E-state index is 12.6. The van der Waals surface area contributed by atoms with E-state index in [9.17, 15) is 4.79 Å². The van der Waals surface area contributed by atoms with Gasteiger partial charge in [-0.3, -0.25) is 4.79 Å². The van der Waals surface area contributed by atoms with Gasteiger partial charge in [-0.25, -0.2) is 0 Å². The van der Waals surface area contributed by atoms with E-state index in [0.29, 0.717) is 34.5 Å². The summed E-state index contributed by atoms with van der Waals surface area (Å²) >= 11 is 0. The zero-order valence-electron chi connectivity index (χ0n) is 17.4. The van der Waals surface area contributed by atoms with Gasteiger partial charge >= 0.3 is 0 Å². The van der Waals surface area contributed by atoms with Gasteiger partial charge in [0.15, 0.2) is 11.5 Å². The van der Waals surface area contributed by atoms with Gasteiger partial charge in [-0.15, -0.1) is 0 Å². The van der Waals surface area contributed by atoms with Crippen molar-refractivity contribution in [2.75, 3.05) is 19.5 Å². The maximum atomic E-state index is 12.6. The number of hydrogen-bond donors (Lipinski definition) is 1. The fourth-order valence-electron chi connectivity index (χ4n) is 3.12. The molecule has 0 unspecified atom stereocenters. The first-order chi connectivity index (χ1) is 15.1. The van der Waals surface area contributed by atoms with Crippen molar-refractivity contribution in [2.24, 2.45) is 0 Å². The molecule has 1 N–H and O–H groups in total. The summed E-state index contributed by atoms with van der Waals surface area (Å²) in [4.78, 5) is 17.1. The molecule has 0 spiro atoms. The van der Waals surface area contributed by atoms with Crippen LogP contribution in [0.4, 0.5) is 5.69 Å². The molecule has 7 nitrogen and oxygen atoms in total. The lowest BCUT2D eigenvalue weighted by Crippen LogP contribution is -2.12. The first kappa shape index (κ1) is 20.2. The van der Waals surface area contributed by atoms with E-state index in [1.807, 2.05) is 43.3 Å². The van der Waals surface area contributed by atoms with Gasteiger partial charge in [0, 0.05) is 22.4 Å². The summed E-state index contributed by atoms with van der Waals surface area (Å²) in [5, 5.41) is 6.93. The third-order valence-electron chi connectivity index (χ3n) is 4.74. The van der Waals surface area contributed by atoms with Crippen molar-refractivity contribution in [2.45, 2.75) is 6.92 Å². The van der Waals surface area contributed by atoms with Crippen molar-refractivity contribution < 1.29 is 18.8 Å². The lowest BCUT2D eigenvalue weighted by molar-refractivity contribution is 0.102. The lowest BCUT2D eigenvalue weighted by atomic mass is 10.1. The van der Waals surface area contributed by atoms with E-state index >= 15 is 0 Å².